The fraction of sp³-hybridized carbons (Fsp3) is 0.800. The average Bonchev–Trinajstić information content (AvgIpc) is 2.75. The van der Waals surface area contributed by atoms with Gasteiger partial charge in [-0.05, 0) is 100 Å². The van der Waals surface area contributed by atoms with E-state index in [0.717, 1.165) is 36.5 Å². The summed E-state index contributed by atoms with van der Waals surface area (Å²) in [5.41, 5.74) is 3.93. The van der Waals surface area contributed by atoms with Crippen LogP contribution in [-0.2, 0) is 0 Å². The molecular formula is C30H57N. The minimum absolute atomic E-state index is 0.558. The van der Waals surface area contributed by atoms with Crippen molar-refractivity contribution in [2.24, 2.45) is 29.6 Å². The molecule has 31 heavy (non-hydrogen) atoms. The first-order valence-electron chi connectivity index (χ1n) is 13.2. The molecule has 0 aromatic heterocycles. The highest BCUT2D eigenvalue weighted by Crippen LogP contribution is 2.31. The Kier molecular flexibility index (Phi) is 15.5. The number of hydrogen-bond acceptors (Lipinski definition) is 1. The predicted molar refractivity (Wildman–Crippen MR) is 144 cm³/mol. The Labute approximate surface area is 197 Å². The van der Waals surface area contributed by atoms with Crippen LogP contribution in [0.25, 0.3) is 0 Å². The van der Waals surface area contributed by atoms with E-state index in [1.165, 1.54) is 55.2 Å². The molecule has 6 unspecified atom stereocenters. The van der Waals surface area contributed by atoms with Crippen LogP contribution >= 0.6 is 0 Å². The number of nitrogens with zero attached hydrogens (tertiary/aromatic N) is 1. The summed E-state index contributed by atoms with van der Waals surface area (Å²) in [6.07, 6.45) is 12.3. The van der Waals surface area contributed by atoms with Gasteiger partial charge in [0.15, 0.2) is 0 Å². The summed E-state index contributed by atoms with van der Waals surface area (Å²) in [6.45, 7) is 27.6. The molecule has 0 heterocycles. The zero-order chi connectivity index (χ0) is 24.1. The van der Waals surface area contributed by atoms with Crippen molar-refractivity contribution in [1.82, 2.24) is 4.90 Å². The van der Waals surface area contributed by atoms with Gasteiger partial charge in [-0.1, -0.05) is 86.1 Å². The highest BCUT2D eigenvalue weighted by molar-refractivity contribution is 5.35. The van der Waals surface area contributed by atoms with Crippen LogP contribution in [0.15, 0.2) is 36.0 Å². The Bertz CT molecular complexity index is 541. The maximum Gasteiger partial charge on any atom is 0.00609 e. The van der Waals surface area contributed by atoms with E-state index in [4.69, 9.17) is 0 Å². The lowest BCUT2D eigenvalue weighted by Gasteiger charge is -2.27. The van der Waals surface area contributed by atoms with Crippen LogP contribution in [0.5, 0.6) is 0 Å². The van der Waals surface area contributed by atoms with Crippen LogP contribution in [0.4, 0.5) is 0 Å². The van der Waals surface area contributed by atoms with Crippen molar-refractivity contribution >= 4 is 0 Å². The third-order valence-electron chi connectivity index (χ3n) is 8.22. The molecule has 6 atom stereocenters. The number of hydrogen-bond donors (Lipinski definition) is 0. The summed E-state index contributed by atoms with van der Waals surface area (Å²) in [5, 5.41) is 0. The molecule has 0 saturated carbocycles. The van der Waals surface area contributed by atoms with Crippen LogP contribution in [0.1, 0.15) is 107 Å². The second-order valence-corrected chi connectivity index (χ2v) is 10.9. The van der Waals surface area contributed by atoms with E-state index in [1.54, 1.807) is 0 Å². The Balaban J connectivity index is 4.44. The number of allylic oxidation sites excluding steroid dienone is 4. The molecule has 0 bridgehead atoms. The van der Waals surface area contributed by atoms with Crippen LogP contribution in [0.3, 0.4) is 0 Å². The van der Waals surface area contributed by atoms with Crippen LogP contribution in [0, 0.1) is 29.6 Å². The fourth-order valence-corrected chi connectivity index (χ4v) is 4.20. The fourth-order valence-electron chi connectivity index (χ4n) is 4.20. The van der Waals surface area contributed by atoms with Crippen molar-refractivity contribution in [3.05, 3.63) is 36.0 Å². The van der Waals surface area contributed by atoms with E-state index in [9.17, 15) is 0 Å². The molecule has 0 saturated heterocycles. The molecule has 0 aliphatic carbocycles. The van der Waals surface area contributed by atoms with Gasteiger partial charge in [-0.2, -0.15) is 0 Å². The number of rotatable bonds is 17. The minimum atomic E-state index is 0.558. The van der Waals surface area contributed by atoms with Gasteiger partial charge < -0.3 is 4.90 Å². The van der Waals surface area contributed by atoms with Crippen molar-refractivity contribution in [2.75, 3.05) is 14.1 Å². The van der Waals surface area contributed by atoms with Gasteiger partial charge in [-0.3, -0.25) is 0 Å². The lowest BCUT2D eigenvalue weighted by atomic mass is 9.80. The normalized spacial score (nSPS) is 18.4. The zero-order valence-corrected chi connectivity index (χ0v) is 23.1. The summed E-state index contributed by atoms with van der Waals surface area (Å²) >= 11 is 0. The van der Waals surface area contributed by atoms with Crippen molar-refractivity contribution in [1.29, 1.82) is 0 Å². The lowest BCUT2D eigenvalue weighted by Crippen LogP contribution is -2.25. The topological polar surface area (TPSA) is 3.24 Å². The molecule has 182 valence electrons. The van der Waals surface area contributed by atoms with Crippen molar-refractivity contribution in [2.45, 2.75) is 113 Å². The highest BCUT2D eigenvalue weighted by atomic mass is 15.1. The van der Waals surface area contributed by atoms with Gasteiger partial charge in [0.2, 0.25) is 0 Å². The molecule has 0 N–H and O–H groups in total. The van der Waals surface area contributed by atoms with E-state index in [0.29, 0.717) is 12.0 Å². The summed E-state index contributed by atoms with van der Waals surface area (Å²) in [4.78, 5) is 2.34. The average molecular weight is 432 g/mol. The van der Waals surface area contributed by atoms with E-state index < -0.39 is 0 Å². The van der Waals surface area contributed by atoms with Crippen LogP contribution < -0.4 is 0 Å². The summed E-state index contributed by atoms with van der Waals surface area (Å²) in [7, 11) is 4.39. The highest BCUT2D eigenvalue weighted by Gasteiger charge is 2.19. The monoisotopic (exact) mass is 431 g/mol. The third kappa shape index (κ3) is 12.1. The molecule has 0 amide bonds. The first-order valence-corrected chi connectivity index (χ1v) is 13.2. The van der Waals surface area contributed by atoms with E-state index in [1.807, 2.05) is 0 Å². The smallest absolute Gasteiger partial charge is 0.00609 e. The molecule has 0 aliphatic rings. The summed E-state index contributed by atoms with van der Waals surface area (Å²) < 4.78 is 0. The lowest BCUT2D eigenvalue weighted by molar-refractivity contribution is 0.240. The van der Waals surface area contributed by atoms with Crippen LogP contribution in [0.2, 0.25) is 0 Å². The second-order valence-electron chi connectivity index (χ2n) is 10.9. The van der Waals surface area contributed by atoms with Gasteiger partial charge in [-0.25, -0.2) is 0 Å². The SMILES string of the molecule is C=C(/C=C(/CC)C(=C)C(C)CCC(C)C(C)CCC(C)C(C)CCC(C)N(C)C)CC. The minimum Gasteiger partial charge on any atom is -0.307 e. The quantitative estimate of drug-likeness (QED) is 0.207. The van der Waals surface area contributed by atoms with Crippen molar-refractivity contribution in [3.8, 4) is 0 Å². The Morgan fingerprint density at radius 1 is 0.677 bits per heavy atom. The summed E-state index contributed by atoms with van der Waals surface area (Å²) in [5.74, 6) is 3.79. The maximum atomic E-state index is 4.44. The molecule has 0 aromatic rings. The van der Waals surface area contributed by atoms with Gasteiger partial charge >= 0.3 is 0 Å². The van der Waals surface area contributed by atoms with Crippen molar-refractivity contribution < 1.29 is 0 Å². The largest absolute Gasteiger partial charge is 0.307 e. The first-order chi connectivity index (χ1) is 14.4. The molecular weight excluding hydrogens is 374 g/mol. The van der Waals surface area contributed by atoms with E-state index in [2.05, 4.69) is 93.6 Å². The van der Waals surface area contributed by atoms with Gasteiger partial charge in [0.05, 0.1) is 0 Å². The predicted octanol–water partition coefficient (Wildman–Crippen LogP) is 9.32. The van der Waals surface area contributed by atoms with Crippen molar-refractivity contribution in [3.63, 3.8) is 0 Å². The van der Waals surface area contributed by atoms with Gasteiger partial charge in [0.25, 0.3) is 0 Å². The zero-order valence-electron chi connectivity index (χ0n) is 23.1. The second kappa shape index (κ2) is 15.9. The Morgan fingerprint density at radius 3 is 1.48 bits per heavy atom. The first kappa shape index (κ1) is 30.2. The molecule has 0 spiro atoms. The molecule has 0 aliphatic heterocycles. The summed E-state index contributed by atoms with van der Waals surface area (Å²) in [6, 6.07) is 0.688. The molecule has 0 radical (unpaired) electrons. The molecule has 1 nitrogen and oxygen atoms in total. The van der Waals surface area contributed by atoms with Gasteiger partial charge in [0, 0.05) is 6.04 Å². The standard InChI is InChI=1S/C30H57N/c1-13-22(3)21-30(14-2)29(10)27(8)18-17-25(6)23(4)15-16-24(5)26(7)19-20-28(9)31(11)12/h21,23-28H,3,10,13-20H2,1-2,4-9,11-12H3/b30-21-. The molecule has 0 aromatic carbocycles. The van der Waals surface area contributed by atoms with Gasteiger partial charge in [0.1, 0.15) is 0 Å². The van der Waals surface area contributed by atoms with Crippen LogP contribution in [-0.4, -0.2) is 25.0 Å². The van der Waals surface area contributed by atoms with E-state index in [-0.39, 0.29) is 0 Å². The molecule has 1 heteroatoms. The Morgan fingerprint density at radius 2 is 1.10 bits per heavy atom. The molecule has 0 fully saturated rings. The van der Waals surface area contributed by atoms with Gasteiger partial charge in [-0.15, -0.1) is 0 Å². The van der Waals surface area contributed by atoms with E-state index >= 15 is 0 Å². The third-order valence-corrected chi connectivity index (χ3v) is 8.22. The molecule has 0 rings (SSSR count). The maximum absolute atomic E-state index is 4.44. The Hall–Kier alpha value is -0.820.